The zero-order chi connectivity index (χ0) is 11.8. The average Bonchev–Trinajstić information content (AvgIpc) is 2.75. The van der Waals surface area contributed by atoms with Gasteiger partial charge in [0.2, 0.25) is 0 Å². The lowest BCUT2D eigenvalue weighted by molar-refractivity contribution is -0.146. The summed E-state index contributed by atoms with van der Waals surface area (Å²) in [5.74, 6) is 0.743. The van der Waals surface area contributed by atoms with E-state index in [0.29, 0.717) is 11.6 Å². The highest BCUT2D eigenvalue weighted by Crippen LogP contribution is 2.44. The van der Waals surface area contributed by atoms with Gasteiger partial charge >= 0.3 is 5.97 Å². The summed E-state index contributed by atoms with van der Waals surface area (Å²) in [6.45, 7) is 2.04. The zero-order valence-corrected chi connectivity index (χ0v) is 10.7. The second-order valence-electron chi connectivity index (χ2n) is 4.38. The Morgan fingerprint density at radius 1 is 1.81 bits per heavy atom. The molecule has 0 bridgehead atoms. The number of rotatable bonds is 3. The van der Waals surface area contributed by atoms with Crippen LogP contribution in [0, 0.1) is 0 Å². The highest BCUT2D eigenvalue weighted by atomic mass is 32.2. The van der Waals surface area contributed by atoms with Crippen molar-refractivity contribution in [1.82, 2.24) is 5.06 Å². The van der Waals surface area contributed by atoms with Crippen LogP contribution in [0.4, 0.5) is 0 Å². The van der Waals surface area contributed by atoms with E-state index < -0.39 is 0 Å². The summed E-state index contributed by atoms with van der Waals surface area (Å²) in [5.41, 5.74) is 0.339. The van der Waals surface area contributed by atoms with E-state index in [-0.39, 0.29) is 11.5 Å². The highest BCUT2D eigenvalue weighted by Gasteiger charge is 2.52. The molecule has 0 aliphatic carbocycles. The third kappa shape index (κ3) is 1.62. The molecule has 1 fully saturated rings. The minimum absolute atomic E-state index is 0.283. The first-order valence-electron chi connectivity index (χ1n) is 5.37. The Morgan fingerprint density at radius 2 is 2.56 bits per heavy atom. The number of fused-ring (bicyclic) bond motifs is 1. The van der Waals surface area contributed by atoms with Gasteiger partial charge in [-0.15, -0.1) is 5.06 Å². The molecule has 0 aromatic carbocycles. The Bertz CT molecular complexity index is 331. The number of nitrogens with zero attached hydrogens (tertiary/aromatic N) is 1. The van der Waals surface area contributed by atoms with Crippen LogP contribution in [-0.2, 0) is 14.4 Å². The molecule has 0 amide bonds. The molecule has 5 heteroatoms. The number of carbonyl (C=O) groups is 1. The fraction of sp³-hybridized carbons (Fsp3) is 0.727. The molecule has 0 N–H and O–H groups in total. The summed E-state index contributed by atoms with van der Waals surface area (Å²) in [6.07, 6.45) is 5.63. The van der Waals surface area contributed by atoms with Gasteiger partial charge in [-0.2, -0.15) is 11.8 Å². The summed E-state index contributed by atoms with van der Waals surface area (Å²) in [5, 5.41) is 1.95. The van der Waals surface area contributed by atoms with Gasteiger partial charge in [0.15, 0.2) is 0 Å². The maximum Gasteiger partial charge on any atom is 0.338 e. The lowest BCUT2D eigenvalue weighted by Gasteiger charge is -2.30. The minimum atomic E-state index is -0.298. The summed E-state index contributed by atoms with van der Waals surface area (Å²) >= 11 is 1.80. The van der Waals surface area contributed by atoms with Crippen LogP contribution >= 0.6 is 11.8 Å². The standard InChI is InChI=1S/C11H17NO3S/c1-11-5-4-8(7-16-3)12(11)15-6-9(11)10(13)14-2/h6,8H,4-5,7H2,1-3H3/t8-,11-/m0/s1. The van der Waals surface area contributed by atoms with E-state index in [2.05, 4.69) is 6.26 Å². The molecule has 2 heterocycles. The van der Waals surface area contributed by atoms with Crippen molar-refractivity contribution < 1.29 is 14.4 Å². The van der Waals surface area contributed by atoms with Crippen molar-refractivity contribution in [2.45, 2.75) is 31.3 Å². The summed E-state index contributed by atoms with van der Waals surface area (Å²) in [7, 11) is 1.41. The fourth-order valence-electron chi connectivity index (χ4n) is 2.49. The monoisotopic (exact) mass is 243 g/mol. The molecule has 1 saturated heterocycles. The summed E-state index contributed by atoms with van der Waals surface area (Å²) < 4.78 is 4.78. The van der Waals surface area contributed by atoms with Gasteiger partial charge in [-0.25, -0.2) is 4.79 Å². The maximum absolute atomic E-state index is 11.6. The van der Waals surface area contributed by atoms with Crippen LogP contribution in [0.15, 0.2) is 11.8 Å². The Kier molecular flexibility index (Phi) is 3.17. The van der Waals surface area contributed by atoms with E-state index in [1.807, 2.05) is 12.0 Å². The molecule has 2 aliphatic heterocycles. The lowest BCUT2D eigenvalue weighted by atomic mass is 9.91. The van der Waals surface area contributed by atoms with Gasteiger partial charge in [0.1, 0.15) is 6.26 Å². The van der Waals surface area contributed by atoms with Gasteiger partial charge < -0.3 is 9.57 Å². The zero-order valence-electron chi connectivity index (χ0n) is 9.86. The molecule has 0 radical (unpaired) electrons. The van der Waals surface area contributed by atoms with Crippen molar-refractivity contribution in [2.24, 2.45) is 0 Å². The van der Waals surface area contributed by atoms with E-state index in [1.165, 1.54) is 7.11 Å². The van der Waals surface area contributed by atoms with Crippen LogP contribution in [0.1, 0.15) is 19.8 Å². The number of thioether (sulfide) groups is 1. The molecule has 0 aromatic rings. The molecule has 4 nitrogen and oxygen atoms in total. The molecular formula is C11H17NO3S. The number of hydrogen-bond acceptors (Lipinski definition) is 5. The number of carbonyl (C=O) groups excluding carboxylic acids is 1. The number of methoxy groups -OCH3 is 1. The maximum atomic E-state index is 11.6. The lowest BCUT2D eigenvalue weighted by Crippen LogP contribution is -2.43. The molecule has 0 aromatic heterocycles. The quantitative estimate of drug-likeness (QED) is 0.704. The molecule has 0 spiro atoms. The minimum Gasteiger partial charge on any atom is -0.466 e. The molecule has 16 heavy (non-hydrogen) atoms. The molecule has 2 rings (SSSR count). The molecule has 90 valence electrons. The Morgan fingerprint density at radius 3 is 3.19 bits per heavy atom. The van der Waals surface area contributed by atoms with Gasteiger partial charge in [0.05, 0.1) is 24.3 Å². The van der Waals surface area contributed by atoms with Gasteiger partial charge in [0, 0.05) is 5.75 Å². The van der Waals surface area contributed by atoms with E-state index in [1.54, 1.807) is 18.0 Å². The predicted octanol–water partition coefficient (Wildman–Crippen LogP) is 1.57. The van der Waals surface area contributed by atoms with Crippen LogP contribution in [0.25, 0.3) is 0 Å². The third-order valence-corrected chi connectivity index (χ3v) is 4.13. The van der Waals surface area contributed by atoms with E-state index in [4.69, 9.17) is 9.57 Å². The Hall–Kier alpha value is -0.680. The van der Waals surface area contributed by atoms with Crippen LogP contribution in [-0.4, -0.2) is 41.7 Å². The summed E-state index contributed by atoms with van der Waals surface area (Å²) in [4.78, 5) is 17.2. The van der Waals surface area contributed by atoms with E-state index >= 15 is 0 Å². The number of esters is 1. The van der Waals surface area contributed by atoms with Crippen LogP contribution in [0.2, 0.25) is 0 Å². The largest absolute Gasteiger partial charge is 0.466 e. The third-order valence-electron chi connectivity index (χ3n) is 3.41. The second kappa shape index (κ2) is 4.30. The predicted molar refractivity (Wildman–Crippen MR) is 62.8 cm³/mol. The fourth-order valence-corrected chi connectivity index (χ4v) is 3.18. The first kappa shape index (κ1) is 11.8. The van der Waals surface area contributed by atoms with E-state index in [9.17, 15) is 4.79 Å². The van der Waals surface area contributed by atoms with Crippen molar-refractivity contribution >= 4 is 17.7 Å². The van der Waals surface area contributed by atoms with E-state index in [0.717, 1.165) is 18.6 Å². The van der Waals surface area contributed by atoms with Crippen molar-refractivity contribution in [3.8, 4) is 0 Å². The smallest absolute Gasteiger partial charge is 0.338 e. The van der Waals surface area contributed by atoms with Crippen molar-refractivity contribution in [2.75, 3.05) is 19.1 Å². The number of hydrogen-bond donors (Lipinski definition) is 0. The highest BCUT2D eigenvalue weighted by molar-refractivity contribution is 7.98. The van der Waals surface area contributed by atoms with Gasteiger partial charge in [-0.1, -0.05) is 0 Å². The van der Waals surface area contributed by atoms with Gasteiger partial charge in [0.25, 0.3) is 0 Å². The Labute approximate surface area is 99.9 Å². The first-order valence-corrected chi connectivity index (χ1v) is 6.77. The summed E-state index contributed by atoms with van der Waals surface area (Å²) in [6, 6.07) is 0.387. The number of ether oxygens (including phenoxy) is 1. The molecule has 0 unspecified atom stereocenters. The normalized spacial score (nSPS) is 33.2. The van der Waals surface area contributed by atoms with Gasteiger partial charge in [-0.3, -0.25) is 0 Å². The van der Waals surface area contributed by atoms with Crippen molar-refractivity contribution in [3.05, 3.63) is 11.8 Å². The Balaban J connectivity index is 2.16. The van der Waals surface area contributed by atoms with Crippen molar-refractivity contribution in [1.29, 1.82) is 0 Å². The van der Waals surface area contributed by atoms with Crippen molar-refractivity contribution in [3.63, 3.8) is 0 Å². The van der Waals surface area contributed by atoms with Crippen LogP contribution in [0.3, 0.4) is 0 Å². The second-order valence-corrected chi connectivity index (χ2v) is 5.29. The molecule has 2 aliphatic rings. The molecular weight excluding hydrogens is 226 g/mol. The topological polar surface area (TPSA) is 38.8 Å². The van der Waals surface area contributed by atoms with Crippen LogP contribution < -0.4 is 0 Å². The molecule has 2 atom stereocenters. The SMILES string of the molecule is COC(=O)C1=CON2[C@H](CSC)CC[C@@]12C. The number of hydroxylamine groups is 2. The average molecular weight is 243 g/mol. The van der Waals surface area contributed by atoms with Gasteiger partial charge in [-0.05, 0) is 26.0 Å². The molecule has 0 saturated carbocycles. The first-order chi connectivity index (χ1) is 7.63. The van der Waals surface area contributed by atoms with Crippen LogP contribution in [0.5, 0.6) is 0 Å².